The smallest absolute Gasteiger partial charge is 0.294 e. The van der Waals surface area contributed by atoms with E-state index in [1.54, 1.807) is 12.2 Å². The van der Waals surface area contributed by atoms with Crippen molar-refractivity contribution in [1.82, 2.24) is 0 Å². The minimum Gasteiger partial charge on any atom is -0.445 e. The molecule has 2 N–H and O–H groups in total. The van der Waals surface area contributed by atoms with Gasteiger partial charge in [0.25, 0.3) is 6.47 Å². The molecule has 0 heterocycles. The summed E-state index contributed by atoms with van der Waals surface area (Å²) in [5.41, 5.74) is 6.41. The maximum absolute atomic E-state index is 9.89. The van der Waals surface area contributed by atoms with E-state index in [2.05, 4.69) is 4.74 Å². The minimum absolute atomic E-state index is 0.333. The maximum atomic E-state index is 9.89. The van der Waals surface area contributed by atoms with Crippen molar-refractivity contribution >= 4 is 12.5 Å². The zero-order valence-electron chi connectivity index (χ0n) is 7.09. The van der Waals surface area contributed by atoms with Crippen LogP contribution in [0.2, 0.25) is 0 Å². The topological polar surface area (TPSA) is 52.3 Å². The fourth-order valence-corrected chi connectivity index (χ4v) is 0.880. The molecule has 3 heteroatoms. The van der Waals surface area contributed by atoms with Gasteiger partial charge in [0.15, 0.2) is 6.23 Å². The molecular formula is C10H11NO2. The first-order chi connectivity index (χ1) is 6.33. The summed E-state index contributed by atoms with van der Waals surface area (Å²) >= 11 is 0. The number of hydrogen-bond donors (Lipinski definition) is 1. The molecule has 0 bridgehead atoms. The summed E-state index contributed by atoms with van der Waals surface area (Å²) in [6.45, 7) is 0.333. The van der Waals surface area contributed by atoms with Crippen LogP contribution in [-0.4, -0.2) is 12.7 Å². The highest BCUT2D eigenvalue weighted by atomic mass is 16.5. The second kappa shape index (κ2) is 5.11. The number of ether oxygens (including phenoxy) is 1. The van der Waals surface area contributed by atoms with Gasteiger partial charge in [-0.1, -0.05) is 36.4 Å². The van der Waals surface area contributed by atoms with E-state index in [4.69, 9.17) is 5.73 Å². The van der Waals surface area contributed by atoms with E-state index in [0.717, 1.165) is 5.56 Å². The first-order valence-corrected chi connectivity index (χ1v) is 3.91. The Balaban J connectivity index is 2.53. The van der Waals surface area contributed by atoms with Crippen LogP contribution in [0.25, 0.3) is 6.08 Å². The molecule has 0 spiro atoms. The van der Waals surface area contributed by atoms with Crippen LogP contribution in [0.15, 0.2) is 36.4 Å². The van der Waals surface area contributed by atoms with Gasteiger partial charge in [-0.2, -0.15) is 0 Å². The van der Waals surface area contributed by atoms with Crippen molar-refractivity contribution in [1.29, 1.82) is 0 Å². The Morgan fingerprint density at radius 1 is 1.31 bits per heavy atom. The van der Waals surface area contributed by atoms with Crippen molar-refractivity contribution < 1.29 is 9.53 Å². The molecule has 0 saturated carbocycles. The Labute approximate surface area is 76.8 Å². The van der Waals surface area contributed by atoms with Gasteiger partial charge in [-0.25, -0.2) is 0 Å². The van der Waals surface area contributed by atoms with E-state index in [9.17, 15) is 4.79 Å². The van der Waals surface area contributed by atoms with Crippen LogP contribution in [0.1, 0.15) is 5.56 Å². The highest BCUT2D eigenvalue weighted by Gasteiger charge is 1.93. The van der Waals surface area contributed by atoms with Crippen LogP contribution in [0.3, 0.4) is 0 Å². The Hall–Kier alpha value is -1.61. The van der Waals surface area contributed by atoms with Gasteiger partial charge in [0.1, 0.15) is 0 Å². The van der Waals surface area contributed by atoms with Gasteiger partial charge in [0, 0.05) is 0 Å². The summed E-state index contributed by atoms with van der Waals surface area (Å²) in [4.78, 5) is 9.89. The normalized spacial score (nSPS) is 12.7. The molecule has 0 saturated heterocycles. The molecule has 68 valence electrons. The number of hydrogen-bond acceptors (Lipinski definition) is 3. The van der Waals surface area contributed by atoms with Crippen molar-refractivity contribution in [3.05, 3.63) is 42.0 Å². The molecule has 0 aliphatic carbocycles. The lowest BCUT2D eigenvalue weighted by Gasteiger charge is -2.01. The molecule has 1 aromatic rings. The molecule has 0 radical (unpaired) electrons. The third-order valence-corrected chi connectivity index (χ3v) is 1.49. The van der Waals surface area contributed by atoms with Crippen LogP contribution in [0, 0.1) is 0 Å². The lowest BCUT2D eigenvalue weighted by molar-refractivity contribution is -0.131. The zero-order chi connectivity index (χ0) is 9.52. The van der Waals surface area contributed by atoms with Gasteiger partial charge >= 0.3 is 0 Å². The van der Waals surface area contributed by atoms with Crippen molar-refractivity contribution in [3.63, 3.8) is 0 Å². The molecule has 13 heavy (non-hydrogen) atoms. The van der Waals surface area contributed by atoms with Crippen LogP contribution >= 0.6 is 0 Å². The number of rotatable bonds is 4. The van der Waals surface area contributed by atoms with E-state index >= 15 is 0 Å². The number of nitrogens with two attached hydrogens (primary N) is 1. The number of carbonyl (C=O) groups excluding carboxylic acids is 1. The SMILES string of the molecule is NC(C=Cc1ccccc1)OC=O. The Morgan fingerprint density at radius 3 is 2.62 bits per heavy atom. The van der Waals surface area contributed by atoms with Crippen molar-refractivity contribution in [2.24, 2.45) is 5.73 Å². The van der Waals surface area contributed by atoms with Crippen molar-refractivity contribution in [2.75, 3.05) is 0 Å². The third kappa shape index (κ3) is 3.53. The second-order valence-electron chi connectivity index (χ2n) is 2.47. The van der Waals surface area contributed by atoms with Gasteiger partial charge in [-0.3, -0.25) is 10.5 Å². The first kappa shape index (κ1) is 9.48. The van der Waals surface area contributed by atoms with Crippen LogP contribution < -0.4 is 5.73 Å². The monoisotopic (exact) mass is 177 g/mol. The molecule has 1 rings (SSSR count). The molecule has 1 atom stereocenters. The van der Waals surface area contributed by atoms with Gasteiger partial charge in [0.05, 0.1) is 0 Å². The molecule has 0 aliphatic rings. The Kier molecular flexibility index (Phi) is 3.73. The fourth-order valence-electron chi connectivity index (χ4n) is 0.880. The van der Waals surface area contributed by atoms with E-state index in [0.29, 0.717) is 6.47 Å². The summed E-state index contributed by atoms with van der Waals surface area (Å²) in [7, 11) is 0. The Bertz CT molecular complexity index is 282. The lowest BCUT2D eigenvalue weighted by atomic mass is 10.2. The highest BCUT2D eigenvalue weighted by molar-refractivity contribution is 5.49. The van der Waals surface area contributed by atoms with Gasteiger partial charge in [0.2, 0.25) is 0 Å². The summed E-state index contributed by atoms with van der Waals surface area (Å²) in [5, 5.41) is 0. The van der Waals surface area contributed by atoms with Gasteiger partial charge in [-0.05, 0) is 11.6 Å². The zero-order valence-corrected chi connectivity index (χ0v) is 7.09. The number of carbonyl (C=O) groups is 1. The number of benzene rings is 1. The predicted octanol–water partition coefficient (Wildman–Crippen LogP) is 1.16. The molecule has 1 aromatic carbocycles. The fraction of sp³-hybridized carbons (Fsp3) is 0.100. The van der Waals surface area contributed by atoms with Crippen LogP contribution in [0.4, 0.5) is 0 Å². The summed E-state index contributed by atoms with van der Waals surface area (Å²) in [5.74, 6) is 0. The molecule has 0 amide bonds. The second-order valence-corrected chi connectivity index (χ2v) is 2.47. The lowest BCUT2D eigenvalue weighted by Crippen LogP contribution is -2.19. The largest absolute Gasteiger partial charge is 0.445 e. The quantitative estimate of drug-likeness (QED) is 0.554. The van der Waals surface area contributed by atoms with E-state index in [-0.39, 0.29) is 0 Å². The highest BCUT2D eigenvalue weighted by Crippen LogP contribution is 2.01. The first-order valence-electron chi connectivity index (χ1n) is 3.91. The molecule has 0 aliphatic heterocycles. The molecular weight excluding hydrogens is 166 g/mol. The third-order valence-electron chi connectivity index (χ3n) is 1.49. The minimum atomic E-state index is -0.669. The van der Waals surface area contributed by atoms with E-state index in [1.807, 2.05) is 30.3 Å². The molecule has 0 aromatic heterocycles. The molecule has 0 fully saturated rings. The maximum Gasteiger partial charge on any atom is 0.294 e. The van der Waals surface area contributed by atoms with Crippen LogP contribution in [0.5, 0.6) is 0 Å². The summed E-state index contributed by atoms with van der Waals surface area (Å²) in [6, 6.07) is 9.64. The van der Waals surface area contributed by atoms with Gasteiger partial charge in [-0.15, -0.1) is 0 Å². The molecule has 1 unspecified atom stereocenters. The average molecular weight is 177 g/mol. The predicted molar refractivity (Wildman–Crippen MR) is 50.6 cm³/mol. The van der Waals surface area contributed by atoms with Gasteiger partial charge < -0.3 is 4.74 Å². The average Bonchev–Trinajstić information content (AvgIpc) is 2.17. The van der Waals surface area contributed by atoms with Crippen molar-refractivity contribution in [2.45, 2.75) is 6.23 Å². The van der Waals surface area contributed by atoms with Crippen LogP contribution in [-0.2, 0) is 9.53 Å². The van der Waals surface area contributed by atoms with Crippen molar-refractivity contribution in [3.8, 4) is 0 Å². The standard InChI is InChI=1S/C10H11NO2/c11-10(13-8-12)7-6-9-4-2-1-3-5-9/h1-8,10H,11H2. The summed E-state index contributed by atoms with van der Waals surface area (Å²) in [6.07, 6.45) is 2.75. The summed E-state index contributed by atoms with van der Waals surface area (Å²) < 4.78 is 4.47. The Morgan fingerprint density at radius 2 is 2.00 bits per heavy atom. The van der Waals surface area contributed by atoms with E-state index in [1.165, 1.54) is 0 Å². The molecule has 3 nitrogen and oxygen atoms in total. The van der Waals surface area contributed by atoms with E-state index < -0.39 is 6.23 Å².